The van der Waals surface area contributed by atoms with Crippen LogP contribution in [0.5, 0.6) is 11.5 Å². The van der Waals surface area contributed by atoms with E-state index in [0.717, 1.165) is 6.08 Å². The van der Waals surface area contributed by atoms with E-state index in [-0.39, 0.29) is 25.0 Å². The third kappa shape index (κ3) is 6.42. The average molecular weight is 479 g/mol. The Labute approximate surface area is 190 Å². The second kappa shape index (κ2) is 9.75. The lowest BCUT2D eigenvalue weighted by atomic mass is 10.1. The first kappa shape index (κ1) is 24.5. The number of hydrogen-bond acceptors (Lipinski definition) is 5. The number of nitrogens with zero attached hydrogens (tertiary/aromatic N) is 1. The first-order valence-corrected chi connectivity index (χ1v) is 12.6. The molecule has 0 spiro atoms. The molecule has 10 heteroatoms. The molecule has 0 radical (unpaired) electrons. The van der Waals surface area contributed by atoms with Gasteiger partial charge in [-0.3, -0.25) is 0 Å². The maximum absolute atomic E-state index is 13.6. The van der Waals surface area contributed by atoms with E-state index in [2.05, 4.69) is 22.2 Å². The SMILES string of the molecule is C=C(/N=C(NCc1ccc2c(c1)OCO2)\C(=C/C)C(F)(F)F)Nc1ccc(P(C)(C)=O)cc1. The Morgan fingerprint density at radius 2 is 1.82 bits per heavy atom. The molecular weight excluding hydrogens is 454 g/mol. The van der Waals surface area contributed by atoms with Crippen LogP contribution >= 0.6 is 7.14 Å². The van der Waals surface area contributed by atoms with Crippen molar-refractivity contribution in [1.29, 1.82) is 0 Å². The highest BCUT2D eigenvalue weighted by atomic mass is 31.2. The van der Waals surface area contributed by atoms with E-state index in [0.29, 0.717) is 28.1 Å². The maximum atomic E-state index is 13.6. The second-order valence-electron chi connectivity index (χ2n) is 7.67. The van der Waals surface area contributed by atoms with Gasteiger partial charge in [-0.2, -0.15) is 13.2 Å². The Balaban J connectivity index is 1.79. The molecule has 0 saturated heterocycles. The van der Waals surface area contributed by atoms with Crippen LogP contribution in [0.2, 0.25) is 0 Å². The first-order chi connectivity index (χ1) is 15.5. The fraction of sp³-hybridized carbons (Fsp3) is 0.261. The normalized spacial score (nSPS) is 14.2. The molecule has 3 rings (SSSR count). The summed E-state index contributed by atoms with van der Waals surface area (Å²) in [7, 11) is -2.41. The molecule has 0 aromatic heterocycles. The van der Waals surface area contributed by atoms with Crippen molar-refractivity contribution in [2.75, 3.05) is 25.4 Å². The Kier molecular flexibility index (Phi) is 7.22. The van der Waals surface area contributed by atoms with Crippen LogP contribution < -0.4 is 25.4 Å². The van der Waals surface area contributed by atoms with Gasteiger partial charge in [0.15, 0.2) is 11.5 Å². The Bertz CT molecular complexity index is 1140. The number of fused-ring (bicyclic) bond motifs is 1. The van der Waals surface area contributed by atoms with E-state index in [4.69, 9.17) is 9.47 Å². The molecule has 0 bridgehead atoms. The monoisotopic (exact) mass is 479 g/mol. The van der Waals surface area contributed by atoms with E-state index in [1.54, 1.807) is 55.8 Å². The van der Waals surface area contributed by atoms with Crippen molar-refractivity contribution in [2.24, 2.45) is 4.99 Å². The molecular formula is C23H25F3N3O3P. The molecule has 0 amide bonds. The van der Waals surface area contributed by atoms with Gasteiger partial charge in [-0.1, -0.05) is 18.7 Å². The minimum absolute atomic E-state index is 0.00992. The molecule has 2 aromatic carbocycles. The smallest absolute Gasteiger partial charge is 0.419 e. The molecule has 6 nitrogen and oxygen atoms in total. The summed E-state index contributed by atoms with van der Waals surface area (Å²) >= 11 is 0. The zero-order valence-corrected chi connectivity index (χ0v) is 19.4. The van der Waals surface area contributed by atoms with Gasteiger partial charge in [0.05, 0.1) is 5.57 Å². The van der Waals surface area contributed by atoms with Crippen molar-refractivity contribution in [3.63, 3.8) is 0 Å². The summed E-state index contributed by atoms with van der Waals surface area (Å²) in [5.41, 5.74) is 0.340. The molecule has 176 valence electrons. The van der Waals surface area contributed by atoms with E-state index in [9.17, 15) is 17.7 Å². The van der Waals surface area contributed by atoms with Gasteiger partial charge < -0.3 is 24.7 Å². The van der Waals surface area contributed by atoms with Crippen LogP contribution in [0.1, 0.15) is 12.5 Å². The third-order valence-electron chi connectivity index (χ3n) is 4.77. The summed E-state index contributed by atoms with van der Waals surface area (Å²) in [6, 6.07) is 11.9. The van der Waals surface area contributed by atoms with Crippen LogP contribution in [0.4, 0.5) is 18.9 Å². The topological polar surface area (TPSA) is 72.0 Å². The van der Waals surface area contributed by atoms with E-state index in [1.165, 1.54) is 6.92 Å². The highest BCUT2D eigenvalue weighted by molar-refractivity contribution is 7.70. The Hall–Kier alpha value is -3.19. The van der Waals surface area contributed by atoms with Crippen molar-refractivity contribution in [2.45, 2.75) is 19.6 Å². The fourth-order valence-corrected chi connectivity index (χ4v) is 3.97. The van der Waals surface area contributed by atoms with Gasteiger partial charge in [0.25, 0.3) is 0 Å². The number of ether oxygens (including phenoxy) is 2. The fourth-order valence-electron chi connectivity index (χ4n) is 3.10. The molecule has 1 heterocycles. The lowest BCUT2D eigenvalue weighted by molar-refractivity contribution is -0.0864. The molecule has 0 fully saturated rings. The van der Waals surface area contributed by atoms with Crippen LogP contribution in [0.15, 0.2) is 71.5 Å². The van der Waals surface area contributed by atoms with Crippen molar-refractivity contribution in [3.05, 3.63) is 72.1 Å². The standard InChI is InChI=1S/C23H25F3N3O3P/c1-5-19(23(24,25)26)22(27-13-16-6-11-20-21(12-16)32-14-31-20)29-15(2)28-17-7-9-18(10-8-17)33(3,4)30/h5-12,28H,2,13-14H2,1,3-4H3,(H,27,29)/b19-5+. The average Bonchev–Trinajstić information content (AvgIpc) is 3.19. The minimum Gasteiger partial charge on any atom is -0.454 e. The van der Waals surface area contributed by atoms with Crippen LogP contribution in [0.3, 0.4) is 0 Å². The number of rotatable bonds is 7. The second-order valence-corrected chi connectivity index (χ2v) is 10.9. The lowest BCUT2D eigenvalue weighted by Crippen LogP contribution is -2.32. The number of halogens is 3. The highest BCUT2D eigenvalue weighted by Gasteiger charge is 2.36. The number of anilines is 1. The minimum atomic E-state index is -4.61. The van der Waals surface area contributed by atoms with Crippen LogP contribution in [-0.2, 0) is 11.1 Å². The number of aliphatic imine (C=N–C) groups is 1. The first-order valence-electron chi connectivity index (χ1n) is 10.0. The predicted octanol–water partition coefficient (Wildman–Crippen LogP) is 5.24. The van der Waals surface area contributed by atoms with Gasteiger partial charge in [0.1, 0.15) is 18.8 Å². The largest absolute Gasteiger partial charge is 0.454 e. The Morgan fingerprint density at radius 3 is 2.42 bits per heavy atom. The predicted molar refractivity (Wildman–Crippen MR) is 125 cm³/mol. The van der Waals surface area contributed by atoms with Crippen molar-refractivity contribution in [1.82, 2.24) is 5.32 Å². The number of amidine groups is 1. The number of hydrogen-bond donors (Lipinski definition) is 2. The van der Waals surface area contributed by atoms with E-state index >= 15 is 0 Å². The molecule has 2 N–H and O–H groups in total. The summed E-state index contributed by atoms with van der Waals surface area (Å²) in [4.78, 5) is 4.07. The number of allylic oxidation sites excluding steroid dienone is 1. The maximum Gasteiger partial charge on any atom is 0.419 e. The van der Waals surface area contributed by atoms with Gasteiger partial charge in [-0.05, 0) is 62.2 Å². The van der Waals surface area contributed by atoms with Crippen molar-refractivity contribution in [3.8, 4) is 11.5 Å². The highest BCUT2D eigenvalue weighted by Crippen LogP contribution is 2.35. The number of nitrogens with one attached hydrogen (secondary N) is 2. The van der Waals surface area contributed by atoms with Crippen LogP contribution in [0, 0.1) is 0 Å². The summed E-state index contributed by atoms with van der Waals surface area (Å²) in [5.74, 6) is 0.760. The van der Waals surface area contributed by atoms with E-state index in [1.807, 2.05) is 0 Å². The zero-order chi connectivity index (χ0) is 24.2. The van der Waals surface area contributed by atoms with Gasteiger partial charge in [0, 0.05) is 17.5 Å². The van der Waals surface area contributed by atoms with Gasteiger partial charge in [-0.15, -0.1) is 0 Å². The van der Waals surface area contributed by atoms with Gasteiger partial charge in [-0.25, -0.2) is 4.99 Å². The molecule has 1 aliphatic heterocycles. The Morgan fingerprint density at radius 1 is 1.15 bits per heavy atom. The zero-order valence-electron chi connectivity index (χ0n) is 18.5. The summed E-state index contributed by atoms with van der Waals surface area (Å²) in [6.45, 7) is 8.53. The summed E-state index contributed by atoms with van der Waals surface area (Å²) in [6.07, 6.45) is -3.66. The quantitative estimate of drug-likeness (QED) is 0.323. The van der Waals surface area contributed by atoms with Gasteiger partial charge >= 0.3 is 6.18 Å². The third-order valence-corrected chi connectivity index (χ3v) is 6.31. The molecule has 1 aliphatic rings. The molecule has 0 saturated carbocycles. The van der Waals surface area contributed by atoms with Crippen molar-refractivity contribution < 1.29 is 27.2 Å². The molecule has 0 atom stereocenters. The molecule has 0 aliphatic carbocycles. The van der Waals surface area contributed by atoms with Crippen LogP contribution in [-0.4, -0.2) is 32.1 Å². The number of benzene rings is 2. The summed E-state index contributed by atoms with van der Waals surface area (Å²) in [5, 5.41) is 6.32. The number of alkyl halides is 3. The van der Waals surface area contributed by atoms with Gasteiger partial charge in [0.2, 0.25) is 6.79 Å². The summed E-state index contributed by atoms with van der Waals surface area (Å²) < 4.78 is 63.5. The molecule has 2 aromatic rings. The van der Waals surface area contributed by atoms with Crippen LogP contribution in [0.25, 0.3) is 0 Å². The van der Waals surface area contributed by atoms with Crippen molar-refractivity contribution >= 4 is 24.0 Å². The molecule has 33 heavy (non-hydrogen) atoms. The molecule has 0 unspecified atom stereocenters. The lowest BCUT2D eigenvalue weighted by Gasteiger charge is -2.17. The van der Waals surface area contributed by atoms with E-state index < -0.39 is 18.9 Å².